The first-order valence-electron chi connectivity index (χ1n) is 14.6. The highest BCUT2D eigenvalue weighted by Crippen LogP contribution is 2.21. The Bertz CT molecular complexity index is 1870. The van der Waals surface area contributed by atoms with E-state index in [-0.39, 0.29) is 35.8 Å². The summed E-state index contributed by atoms with van der Waals surface area (Å²) in [5, 5.41) is 2.84. The number of amides is 2. The third kappa shape index (κ3) is 9.27. The van der Waals surface area contributed by atoms with Gasteiger partial charge in [0.25, 0.3) is 15.9 Å². The number of carbonyl (C=O) groups is 2. The molecule has 2 N–H and O–H groups in total. The van der Waals surface area contributed by atoms with Crippen molar-refractivity contribution < 1.29 is 35.9 Å². The van der Waals surface area contributed by atoms with Crippen molar-refractivity contribution in [2.75, 3.05) is 11.3 Å². The van der Waals surface area contributed by atoms with Gasteiger partial charge in [-0.25, -0.2) is 17.2 Å². The molecular formula is C35H31F2N3O6S. The molecule has 0 aliphatic carbocycles. The zero-order valence-corrected chi connectivity index (χ0v) is 25.8. The summed E-state index contributed by atoms with van der Waals surface area (Å²) >= 11 is 0. The quantitative estimate of drug-likeness (QED) is 0.158. The lowest BCUT2D eigenvalue weighted by Gasteiger charge is -2.31. The topological polar surface area (TPSA) is 118 Å². The maximum Gasteiger partial charge on any atom is 0.261 e. The molecule has 2 amide bonds. The molecular weight excluding hydrogens is 628 g/mol. The highest BCUT2D eigenvalue weighted by molar-refractivity contribution is 7.92. The van der Waals surface area contributed by atoms with Crippen molar-refractivity contribution in [2.24, 2.45) is 0 Å². The summed E-state index contributed by atoms with van der Waals surface area (Å²) in [6.45, 7) is -0.379. The first-order chi connectivity index (χ1) is 22.7. The molecule has 1 heterocycles. The van der Waals surface area contributed by atoms with Crippen LogP contribution in [0.3, 0.4) is 0 Å². The number of nitrogens with zero attached hydrogens (tertiary/aromatic N) is 1. The summed E-state index contributed by atoms with van der Waals surface area (Å²) in [6.07, 6.45) is 1.68. The Morgan fingerprint density at radius 2 is 1.45 bits per heavy atom. The first kappa shape index (κ1) is 32.9. The lowest BCUT2D eigenvalue weighted by Crippen LogP contribution is -2.51. The summed E-state index contributed by atoms with van der Waals surface area (Å²) in [5.41, 5.74) is 1.60. The van der Waals surface area contributed by atoms with Crippen LogP contribution in [0.5, 0.6) is 5.75 Å². The van der Waals surface area contributed by atoms with E-state index < -0.39 is 46.1 Å². The van der Waals surface area contributed by atoms with Crippen LogP contribution >= 0.6 is 0 Å². The largest absolute Gasteiger partial charge is 0.484 e. The van der Waals surface area contributed by atoms with Crippen molar-refractivity contribution in [1.29, 1.82) is 0 Å². The van der Waals surface area contributed by atoms with E-state index in [0.717, 1.165) is 17.7 Å². The number of hydrogen-bond donors (Lipinski definition) is 2. The van der Waals surface area contributed by atoms with E-state index in [1.807, 2.05) is 30.3 Å². The molecule has 0 fully saturated rings. The average Bonchev–Trinajstić information content (AvgIpc) is 3.60. The minimum absolute atomic E-state index is 0.0135. The Balaban J connectivity index is 1.34. The van der Waals surface area contributed by atoms with Crippen LogP contribution in [0.1, 0.15) is 16.9 Å². The summed E-state index contributed by atoms with van der Waals surface area (Å²) in [4.78, 5) is 28.8. The smallest absolute Gasteiger partial charge is 0.261 e. The van der Waals surface area contributed by atoms with Crippen LogP contribution in [0.25, 0.3) is 0 Å². The minimum atomic E-state index is -3.98. The van der Waals surface area contributed by atoms with Crippen molar-refractivity contribution in [3.63, 3.8) is 0 Å². The van der Waals surface area contributed by atoms with E-state index >= 15 is 0 Å². The Morgan fingerprint density at radius 1 is 0.787 bits per heavy atom. The van der Waals surface area contributed by atoms with Crippen LogP contribution in [0.4, 0.5) is 14.5 Å². The van der Waals surface area contributed by atoms with Gasteiger partial charge in [0.2, 0.25) is 5.91 Å². The maximum absolute atomic E-state index is 13.8. The van der Waals surface area contributed by atoms with Gasteiger partial charge >= 0.3 is 0 Å². The van der Waals surface area contributed by atoms with E-state index in [4.69, 9.17) is 9.15 Å². The molecule has 0 unspecified atom stereocenters. The van der Waals surface area contributed by atoms with E-state index in [2.05, 4.69) is 10.0 Å². The summed E-state index contributed by atoms with van der Waals surface area (Å²) < 4.78 is 65.9. The lowest BCUT2D eigenvalue weighted by atomic mass is 10.0. The van der Waals surface area contributed by atoms with Gasteiger partial charge in [0.1, 0.15) is 29.2 Å². The standard InChI is InChI=1S/C35H31F2N3O6S/c36-27-10-8-26(9-11-27)23-40(33(21-25-5-2-1-3-6-25)35(42)38-22-31-7-4-20-45-31)34(41)24-46-30-16-18-32(19-17-30)47(43,44)39-29-14-12-28(37)13-15-29/h1-20,33,39H,21-24H2,(H,38,42)/t33-/m1/s1. The van der Waals surface area contributed by atoms with Gasteiger partial charge < -0.3 is 19.4 Å². The van der Waals surface area contributed by atoms with Gasteiger partial charge in [-0.05, 0) is 83.9 Å². The Kier molecular flexibility index (Phi) is 10.6. The predicted molar refractivity (Wildman–Crippen MR) is 171 cm³/mol. The molecule has 5 rings (SSSR count). The SMILES string of the molecule is O=C(NCc1ccco1)[C@@H](Cc1ccccc1)N(Cc1ccc(F)cc1)C(=O)COc1ccc(S(=O)(=O)Nc2ccc(F)cc2)cc1. The van der Waals surface area contributed by atoms with Gasteiger partial charge in [-0.3, -0.25) is 14.3 Å². The number of furan rings is 1. The van der Waals surface area contributed by atoms with Crippen molar-refractivity contribution in [2.45, 2.75) is 30.4 Å². The zero-order valence-electron chi connectivity index (χ0n) is 25.0. The zero-order chi connectivity index (χ0) is 33.2. The predicted octanol–water partition coefficient (Wildman–Crippen LogP) is 5.69. The number of benzene rings is 4. The Hall–Kier alpha value is -5.49. The van der Waals surface area contributed by atoms with Gasteiger partial charge in [-0.15, -0.1) is 0 Å². The molecule has 1 aromatic heterocycles. The van der Waals surface area contributed by atoms with E-state index in [0.29, 0.717) is 11.3 Å². The number of halogens is 2. The van der Waals surface area contributed by atoms with Crippen LogP contribution in [-0.2, 0) is 39.1 Å². The normalized spacial score (nSPS) is 11.8. The molecule has 47 heavy (non-hydrogen) atoms. The van der Waals surface area contributed by atoms with E-state index in [1.54, 1.807) is 12.1 Å². The third-order valence-corrected chi connectivity index (χ3v) is 8.54. The molecule has 0 aliphatic rings. The number of rotatable bonds is 14. The van der Waals surface area contributed by atoms with Crippen molar-refractivity contribution in [1.82, 2.24) is 10.2 Å². The van der Waals surface area contributed by atoms with Gasteiger partial charge in [-0.2, -0.15) is 0 Å². The van der Waals surface area contributed by atoms with Gasteiger partial charge in [0.05, 0.1) is 17.7 Å². The lowest BCUT2D eigenvalue weighted by molar-refractivity contribution is -0.142. The molecule has 0 aliphatic heterocycles. The minimum Gasteiger partial charge on any atom is -0.484 e. The molecule has 0 bridgehead atoms. The summed E-state index contributed by atoms with van der Waals surface area (Å²) in [7, 11) is -3.98. The van der Waals surface area contributed by atoms with Crippen molar-refractivity contribution in [3.05, 3.63) is 150 Å². The van der Waals surface area contributed by atoms with Crippen LogP contribution in [-0.4, -0.2) is 37.8 Å². The summed E-state index contributed by atoms with van der Waals surface area (Å²) in [6, 6.07) is 27.6. The molecule has 0 saturated carbocycles. The fourth-order valence-electron chi connectivity index (χ4n) is 4.72. The fourth-order valence-corrected chi connectivity index (χ4v) is 5.78. The second kappa shape index (κ2) is 15.2. The Morgan fingerprint density at radius 3 is 2.09 bits per heavy atom. The molecule has 12 heteroatoms. The average molecular weight is 660 g/mol. The van der Waals surface area contributed by atoms with Crippen LogP contribution in [0.15, 0.2) is 131 Å². The van der Waals surface area contributed by atoms with Gasteiger partial charge in [0, 0.05) is 18.7 Å². The maximum atomic E-state index is 13.8. The number of carbonyl (C=O) groups excluding carboxylic acids is 2. The molecule has 9 nitrogen and oxygen atoms in total. The Labute approximate surface area is 270 Å². The second-order valence-electron chi connectivity index (χ2n) is 10.5. The van der Waals surface area contributed by atoms with E-state index in [9.17, 15) is 26.8 Å². The van der Waals surface area contributed by atoms with Crippen molar-refractivity contribution in [3.8, 4) is 5.75 Å². The number of sulfonamides is 1. The molecule has 0 radical (unpaired) electrons. The van der Waals surface area contributed by atoms with Crippen molar-refractivity contribution >= 4 is 27.5 Å². The van der Waals surface area contributed by atoms with Crippen LogP contribution < -0.4 is 14.8 Å². The van der Waals surface area contributed by atoms with Crippen LogP contribution in [0.2, 0.25) is 0 Å². The van der Waals surface area contributed by atoms with Gasteiger partial charge in [0.15, 0.2) is 6.61 Å². The van der Waals surface area contributed by atoms with Gasteiger partial charge in [-0.1, -0.05) is 42.5 Å². The monoisotopic (exact) mass is 659 g/mol. The van der Waals surface area contributed by atoms with E-state index in [1.165, 1.54) is 71.8 Å². The summed E-state index contributed by atoms with van der Waals surface area (Å²) in [5.74, 6) is -1.15. The molecule has 0 spiro atoms. The molecule has 5 aromatic rings. The number of anilines is 1. The molecule has 1 atom stereocenters. The number of ether oxygens (including phenoxy) is 1. The highest BCUT2D eigenvalue weighted by atomic mass is 32.2. The second-order valence-corrected chi connectivity index (χ2v) is 12.2. The number of nitrogens with one attached hydrogen (secondary N) is 2. The highest BCUT2D eigenvalue weighted by Gasteiger charge is 2.31. The molecule has 4 aromatic carbocycles. The third-order valence-electron chi connectivity index (χ3n) is 7.15. The number of hydrogen-bond acceptors (Lipinski definition) is 6. The molecule has 0 saturated heterocycles. The first-order valence-corrected chi connectivity index (χ1v) is 16.0. The molecule has 242 valence electrons. The fraction of sp³-hybridized carbons (Fsp3) is 0.143. The van der Waals surface area contributed by atoms with Crippen LogP contribution in [0, 0.1) is 11.6 Å².